The maximum atomic E-state index is 9.71. The van der Waals surface area contributed by atoms with Gasteiger partial charge in [0, 0.05) is 31.2 Å². The van der Waals surface area contributed by atoms with Gasteiger partial charge in [0.25, 0.3) is 0 Å². The molecule has 0 spiro atoms. The quantitative estimate of drug-likeness (QED) is 0.805. The molecule has 1 fully saturated rings. The highest BCUT2D eigenvalue weighted by Gasteiger charge is 2.08. The Morgan fingerprint density at radius 2 is 2.00 bits per heavy atom. The van der Waals surface area contributed by atoms with Gasteiger partial charge in [-0.25, -0.2) is 0 Å². The van der Waals surface area contributed by atoms with Gasteiger partial charge in [-0.15, -0.1) is 0 Å². The smallest absolute Gasteiger partial charge is 0.118 e. The lowest BCUT2D eigenvalue weighted by Crippen LogP contribution is -2.43. The first kappa shape index (κ1) is 13.7. The van der Waals surface area contributed by atoms with Crippen molar-refractivity contribution >= 4 is 11.6 Å². The van der Waals surface area contributed by atoms with E-state index in [9.17, 15) is 5.11 Å². The highest BCUT2D eigenvalue weighted by molar-refractivity contribution is 6.30. The number of benzene rings is 1. The Labute approximate surface area is 114 Å². The maximum Gasteiger partial charge on any atom is 0.118 e. The number of rotatable bonds is 5. The summed E-state index contributed by atoms with van der Waals surface area (Å²) < 4.78 is 0. The van der Waals surface area contributed by atoms with Crippen molar-refractivity contribution < 1.29 is 5.11 Å². The van der Waals surface area contributed by atoms with Crippen LogP contribution in [0.1, 0.15) is 18.4 Å². The van der Waals surface area contributed by atoms with Crippen LogP contribution in [0.2, 0.25) is 5.02 Å². The Morgan fingerprint density at radius 1 is 1.22 bits per heavy atom. The van der Waals surface area contributed by atoms with Gasteiger partial charge >= 0.3 is 0 Å². The second kappa shape index (κ2) is 6.98. The van der Waals surface area contributed by atoms with E-state index in [4.69, 9.17) is 11.6 Å². The Balaban J connectivity index is 1.69. The molecular formula is C14H21ClN2O. The van der Waals surface area contributed by atoms with Crippen molar-refractivity contribution in [3.05, 3.63) is 28.8 Å². The van der Waals surface area contributed by atoms with Crippen LogP contribution in [-0.2, 0) is 6.42 Å². The van der Waals surface area contributed by atoms with Gasteiger partial charge in [-0.1, -0.05) is 11.6 Å². The van der Waals surface area contributed by atoms with E-state index >= 15 is 0 Å². The zero-order valence-corrected chi connectivity index (χ0v) is 11.4. The molecule has 1 aromatic carbocycles. The predicted molar refractivity (Wildman–Crippen MR) is 75.4 cm³/mol. The number of aromatic hydroxyl groups is 1. The summed E-state index contributed by atoms with van der Waals surface area (Å²) in [6.07, 6.45) is 3.17. The van der Waals surface area contributed by atoms with Crippen molar-refractivity contribution in [2.75, 3.05) is 32.7 Å². The first-order valence-corrected chi connectivity index (χ1v) is 7.04. The number of phenols is 1. The lowest BCUT2D eigenvalue weighted by Gasteiger charge is -2.27. The summed E-state index contributed by atoms with van der Waals surface area (Å²) in [5, 5.41) is 13.8. The summed E-state index contributed by atoms with van der Waals surface area (Å²) in [4.78, 5) is 2.49. The highest BCUT2D eigenvalue weighted by Crippen LogP contribution is 2.23. The summed E-state index contributed by atoms with van der Waals surface area (Å²) in [6.45, 7) is 5.68. The lowest BCUT2D eigenvalue weighted by atomic mass is 10.1. The van der Waals surface area contributed by atoms with Crippen LogP contribution in [0.15, 0.2) is 18.2 Å². The van der Waals surface area contributed by atoms with Gasteiger partial charge in [-0.05, 0) is 49.6 Å². The van der Waals surface area contributed by atoms with Gasteiger partial charge in [-0.3, -0.25) is 0 Å². The van der Waals surface area contributed by atoms with Gasteiger partial charge in [0.2, 0.25) is 0 Å². The molecule has 1 aliphatic rings. The van der Waals surface area contributed by atoms with Crippen LogP contribution >= 0.6 is 11.6 Å². The van der Waals surface area contributed by atoms with E-state index < -0.39 is 0 Å². The summed E-state index contributed by atoms with van der Waals surface area (Å²) in [5.41, 5.74) is 0.961. The molecule has 1 heterocycles. The number of piperazine rings is 1. The average molecular weight is 269 g/mol. The normalized spacial score (nSPS) is 16.9. The van der Waals surface area contributed by atoms with Crippen molar-refractivity contribution in [2.24, 2.45) is 0 Å². The molecule has 1 aliphatic heterocycles. The van der Waals surface area contributed by atoms with Crippen molar-refractivity contribution in [1.29, 1.82) is 0 Å². The second-order valence-electron chi connectivity index (χ2n) is 4.82. The van der Waals surface area contributed by atoms with Crippen molar-refractivity contribution in [1.82, 2.24) is 10.2 Å². The highest BCUT2D eigenvalue weighted by atomic mass is 35.5. The molecule has 2 rings (SSSR count). The largest absolute Gasteiger partial charge is 0.508 e. The van der Waals surface area contributed by atoms with E-state index in [0.717, 1.165) is 51.1 Å². The molecule has 0 atom stereocenters. The molecule has 4 heteroatoms. The van der Waals surface area contributed by atoms with E-state index in [1.807, 2.05) is 6.07 Å². The van der Waals surface area contributed by atoms with Crippen LogP contribution in [0.4, 0.5) is 0 Å². The lowest BCUT2D eigenvalue weighted by molar-refractivity contribution is 0.237. The molecule has 0 radical (unpaired) electrons. The Kier molecular flexibility index (Phi) is 5.29. The Morgan fingerprint density at radius 3 is 2.78 bits per heavy atom. The number of phenolic OH excluding ortho intramolecular Hbond substituents is 1. The van der Waals surface area contributed by atoms with Gasteiger partial charge in [0.1, 0.15) is 5.75 Å². The Hall–Kier alpha value is -0.770. The number of nitrogens with zero attached hydrogens (tertiary/aromatic N) is 1. The van der Waals surface area contributed by atoms with Gasteiger partial charge in [0.15, 0.2) is 0 Å². The number of aryl methyl sites for hydroxylation is 1. The third-order valence-electron chi connectivity index (χ3n) is 3.42. The molecule has 1 aromatic rings. The summed E-state index contributed by atoms with van der Waals surface area (Å²) >= 11 is 5.93. The zero-order valence-electron chi connectivity index (χ0n) is 10.7. The third kappa shape index (κ3) is 4.16. The summed E-state index contributed by atoms with van der Waals surface area (Å²) in [5.74, 6) is 0.363. The van der Waals surface area contributed by atoms with Crippen molar-refractivity contribution in [2.45, 2.75) is 19.3 Å². The molecular weight excluding hydrogens is 248 g/mol. The summed E-state index contributed by atoms with van der Waals surface area (Å²) in [7, 11) is 0. The van der Waals surface area contributed by atoms with Crippen molar-refractivity contribution in [3.63, 3.8) is 0 Å². The SMILES string of the molecule is Oc1ccc(Cl)cc1CCCCN1CCNCC1. The van der Waals surface area contributed by atoms with Gasteiger partial charge in [-0.2, -0.15) is 0 Å². The topological polar surface area (TPSA) is 35.5 Å². The molecule has 0 aliphatic carbocycles. The predicted octanol–water partition coefficient (Wildman–Crippen LogP) is 2.27. The molecule has 3 nitrogen and oxygen atoms in total. The summed E-state index contributed by atoms with van der Waals surface area (Å²) in [6, 6.07) is 5.26. The minimum atomic E-state index is 0.363. The fraction of sp³-hybridized carbons (Fsp3) is 0.571. The van der Waals surface area contributed by atoms with Gasteiger partial charge in [0.05, 0.1) is 0 Å². The molecule has 100 valence electrons. The van der Waals surface area contributed by atoms with Crippen LogP contribution < -0.4 is 5.32 Å². The first-order chi connectivity index (χ1) is 8.75. The van der Waals surface area contributed by atoms with Crippen LogP contribution in [-0.4, -0.2) is 42.7 Å². The number of halogens is 1. The number of unbranched alkanes of at least 4 members (excludes halogenated alkanes) is 1. The monoisotopic (exact) mass is 268 g/mol. The Bertz CT molecular complexity index is 378. The molecule has 0 bridgehead atoms. The van der Waals surface area contributed by atoms with Gasteiger partial charge < -0.3 is 15.3 Å². The molecule has 0 saturated carbocycles. The zero-order chi connectivity index (χ0) is 12.8. The van der Waals surface area contributed by atoms with Crippen LogP contribution in [0.3, 0.4) is 0 Å². The molecule has 0 unspecified atom stereocenters. The molecule has 1 saturated heterocycles. The number of nitrogens with one attached hydrogen (secondary N) is 1. The van der Waals surface area contributed by atoms with Crippen molar-refractivity contribution in [3.8, 4) is 5.75 Å². The minimum absolute atomic E-state index is 0.363. The van der Waals surface area contributed by atoms with Crippen LogP contribution in [0.25, 0.3) is 0 Å². The molecule has 18 heavy (non-hydrogen) atoms. The van der Waals surface area contributed by atoms with E-state index in [0.29, 0.717) is 10.8 Å². The molecule has 0 amide bonds. The van der Waals surface area contributed by atoms with E-state index in [-0.39, 0.29) is 0 Å². The number of hydrogen-bond acceptors (Lipinski definition) is 3. The molecule has 0 aromatic heterocycles. The fourth-order valence-corrected chi connectivity index (χ4v) is 2.53. The maximum absolute atomic E-state index is 9.71. The fourth-order valence-electron chi connectivity index (χ4n) is 2.34. The van der Waals surface area contributed by atoms with E-state index in [1.54, 1.807) is 12.1 Å². The molecule has 2 N–H and O–H groups in total. The van der Waals surface area contributed by atoms with Crippen LogP contribution in [0.5, 0.6) is 5.75 Å². The second-order valence-corrected chi connectivity index (χ2v) is 5.26. The standard InChI is InChI=1S/C14H21ClN2O/c15-13-4-5-14(18)12(11-13)3-1-2-8-17-9-6-16-7-10-17/h4-5,11,16,18H,1-3,6-10H2. The first-order valence-electron chi connectivity index (χ1n) is 6.66. The minimum Gasteiger partial charge on any atom is -0.508 e. The average Bonchev–Trinajstić information content (AvgIpc) is 2.40. The third-order valence-corrected chi connectivity index (χ3v) is 3.66. The van der Waals surface area contributed by atoms with E-state index in [1.165, 1.54) is 6.42 Å². The van der Waals surface area contributed by atoms with Crippen LogP contribution in [0, 0.1) is 0 Å². The number of hydrogen-bond donors (Lipinski definition) is 2. The van der Waals surface area contributed by atoms with E-state index in [2.05, 4.69) is 10.2 Å².